The van der Waals surface area contributed by atoms with Gasteiger partial charge in [0.25, 0.3) is 0 Å². The molecule has 1 N–H and O–H groups in total. The number of pyridine rings is 1. The van der Waals surface area contributed by atoms with Crippen molar-refractivity contribution in [3.63, 3.8) is 0 Å². The number of ether oxygens (including phenoxy) is 2. The maximum absolute atomic E-state index is 13.0. The van der Waals surface area contributed by atoms with Crippen LogP contribution in [0.1, 0.15) is 41.8 Å². The highest BCUT2D eigenvalue weighted by Gasteiger charge is 2.28. The average Bonchev–Trinajstić information content (AvgIpc) is 3.17. The Kier molecular flexibility index (Phi) is 6.35. The van der Waals surface area contributed by atoms with Gasteiger partial charge in [-0.3, -0.25) is 4.98 Å². The molecule has 7 nitrogen and oxygen atoms in total. The second kappa shape index (κ2) is 9.25. The second-order valence-electron chi connectivity index (χ2n) is 8.68. The number of aromatic nitrogens is 1. The maximum Gasteiger partial charge on any atom is 0.243 e. The molecule has 33 heavy (non-hydrogen) atoms. The summed E-state index contributed by atoms with van der Waals surface area (Å²) in [5.41, 5.74) is 4.80. The van der Waals surface area contributed by atoms with Gasteiger partial charge in [0.05, 0.1) is 30.9 Å². The van der Waals surface area contributed by atoms with Gasteiger partial charge in [0, 0.05) is 65.6 Å². The number of rotatable bonds is 7. The first kappa shape index (κ1) is 22.7. The lowest BCUT2D eigenvalue weighted by Crippen LogP contribution is -2.40. The van der Waals surface area contributed by atoms with Gasteiger partial charge in [-0.2, -0.15) is 4.31 Å². The smallest absolute Gasteiger partial charge is 0.243 e. The topological polar surface area (TPSA) is 80.8 Å². The molecule has 0 unspecified atom stereocenters. The number of halogens is 1. The predicted molar refractivity (Wildman–Crippen MR) is 128 cm³/mol. The van der Waals surface area contributed by atoms with E-state index in [4.69, 9.17) is 26.1 Å². The van der Waals surface area contributed by atoms with Gasteiger partial charge in [-0.25, -0.2) is 8.42 Å². The normalized spacial score (nSPS) is 19.0. The molecule has 0 atom stereocenters. The Morgan fingerprint density at radius 1 is 1.24 bits per heavy atom. The fourth-order valence-corrected chi connectivity index (χ4v) is 6.21. The lowest BCUT2D eigenvalue weighted by atomic mass is 9.92. The number of nitrogens with zero attached hydrogens (tertiary/aromatic N) is 2. The van der Waals surface area contributed by atoms with E-state index in [1.165, 1.54) is 23.6 Å². The van der Waals surface area contributed by atoms with Crippen LogP contribution in [0, 0.1) is 0 Å². The Hall–Kier alpha value is -2.13. The van der Waals surface area contributed by atoms with Crippen LogP contribution in [0.3, 0.4) is 0 Å². The molecule has 2 heterocycles. The number of hydrogen-bond donors (Lipinski definition) is 1. The highest BCUT2D eigenvalue weighted by molar-refractivity contribution is 7.89. The van der Waals surface area contributed by atoms with E-state index < -0.39 is 10.0 Å². The van der Waals surface area contributed by atoms with E-state index in [1.54, 1.807) is 19.2 Å². The van der Waals surface area contributed by atoms with Crippen LogP contribution in [0.15, 0.2) is 35.2 Å². The number of benzene rings is 1. The number of morpholine rings is 1. The number of fused-ring (bicyclic) bond motifs is 1. The molecule has 0 amide bonds. The van der Waals surface area contributed by atoms with E-state index >= 15 is 0 Å². The predicted octanol–water partition coefficient (Wildman–Crippen LogP) is 3.80. The van der Waals surface area contributed by atoms with E-state index in [-0.39, 0.29) is 4.90 Å². The molecule has 1 saturated carbocycles. The third-order valence-electron chi connectivity index (χ3n) is 6.56. The molecule has 3 aliphatic rings. The van der Waals surface area contributed by atoms with Gasteiger partial charge in [-0.05, 0) is 31.4 Å². The van der Waals surface area contributed by atoms with Crippen LogP contribution in [0.2, 0.25) is 0 Å². The maximum atomic E-state index is 13.0. The van der Waals surface area contributed by atoms with Crippen LogP contribution in [0.25, 0.3) is 5.03 Å². The van der Waals surface area contributed by atoms with Crippen LogP contribution in [0.5, 0.6) is 5.75 Å². The molecular formula is C24H28ClN3O4S. The molecule has 9 heteroatoms. The summed E-state index contributed by atoms with van der Waals surface area (Å²) < 4.78 is 38.4. The first-order chi connectivity index (χ1) is 16.0. The number of anilines is 1. The summed E-state index contributed by atoms with van der Waals surface area (Å²) in [7, 11) is -2.03. The van der Waals surface area contributed by atoms with E-state index in [2.05, 4.69) is 11.4 Å². The Morgan fingerprint density at radius 3 is 2.73 bits per heavy atom. The minimum absolute atomic E-state index is 0.232. The largest absolute Gasteiger partial charge is 0.496 e. The van der Waals surface area contributed by atoms with Crippen molar-refractivity contribution in [2.75, 3.05) is 38.7 Å². The quantitative estimate of drug-likeness (QED) is 0.637. The van der Waals surface area contributed by atoms with E-state index in [9.17, 15) is 8.42 Å². The summed E-state index contributed by atoms with van der Waals surface area (Å²) in [5, 5.41) is 4.39. The summed E-state index contributed by atoms with van der Waals surface area (Å²) in [5.74, 6) is 0.538. The van der Waals surface area contributed by atoms with Crippen LogP contribution < -0.4 is 10.1 Å². The zero-order chi connectivity index (χ0) is 23.0. The number of sulfonamides is 1. The second-order valence-corrected chi connectivity index (χ2v) is 11.0. The zero-order valence-corrected chi connectivity index (χ0v) is 20.2. The fourth-order valence-electron chi connectivity index (χ4n) is 4.50. The zero-order valence-electron chi connectivity index (χ0n) is 18.6. The van der Waals surface area contributed by atoms with Gasteiger partial charge in [0.15, 0.2) is 0 Å². The van der Waals surface area contributed by atoms with Gasteiger partial charge >= 0.3 is 0 Å². The standard InChI is InChI=1S/C24H28ClN3O4S/c1-31-23-15-19(33(29,30)28-9-11-32-12-10-28)6-5-16(23)13-18-14-22(26-17-3-2-4-17)24-20(25)7-8-21(24)27-18/h5-7,14-15,17H,2-4,8-13H2,1H3,(H,26,27). The molecular weight excluding hydrogens is 462 g/mol. The van der Waals surface area contributed by atoms with Crippen molar-refractivity contribution in [1.82, 2.24) is 9.29 Å². The van der Waals surface area contributed by atoms with Crippen molar-refractivity contribution in [2.45, 2.75) is 43.0 Å². The van der Waals surface area contributed by atoms with Crippen LogP contribution in [-0.4, -0.2) is 57.2 Å². The minimum atomic E-state index is -3.59. The first-order valence-corrected chi connectivity index (χ1v) is 13.2. The summed E-state index contributed by atoms with van der Waals surface area (Å²) in [6, 6.07) is 7.64. The molecule has 2 fully saturated rings. The molecule has 0 bridgehead atoms. The number of methoxy groups -OCH3 is 1. The number of nitrogens with one attached hydrogen (secondary N) is 1. The van der Waals surface area contributed by atoms with Gasteiger partial charge in [0.1, 0.15) is 5.75 Å². The minimum Gasteiger partial charge on any atom is -0.496 e. The van der Waals surface area contributed by atoms with Crippen molar-refractivity contribution in [3.8, 4) is 5.75 Å². The molecule has 1 aliphatic heterocycles. The van der Waals surface area contributed by atoms with Crippen LogP contribution >= 0.6 is 11.6 Å². The molecule has 1 aromatic heterocycles. The Bertz CT molecular complexity index is 1190. The van der Waals surface area contributed by atoms with Crippen LogP contribution in [0.4, 0.5) is 5.69 Å². The summed E-state index contributed by atoms with van der Waals surface area (Å²) in [6.07, 6.45) is 6.83. The third-order valence-corrected chi connectivity index (χ3v) is 8.80. The monoisotopic (exact) mass is 489 g/mol. The van der Waals surface area contributed by atoms with E-state index in [1.807, 2.05) is 12.1 Å². The van der Waals surface area contributed by atoms with E-state index in [0.717, 1.165) is 39.7 Å². The highest BCUT2D eigenvalue weighted by atomic mass is 35.5. The third kappa shape index (κ3) is 4.49. The highest BCUT2D eigenvalue weighted by Crippen LogP contribution is 2.38. The number of hydrogen-bond acceptors (Lipinski definition) is 6. The van der Waals surface area contributed by atoms with Gasteiger partial charge in [-0.1, -0.05) is 23.7 Å². The van der Waals surface area contributed by atoms with Crippen molar-refractivity contribution >= 4 is 32.3 Å². The Balaban J connectivity index is 1.43. The number of allylic oxidation sites excluding steroid dienone is 1. The molecule has 0 radical (unpaired) electrons. The molecule has 176 valence electrons. The van der Waals surface area contributed by atoms with Crippen molar-refractivity contribution in [2.24, 2.45) is 0 Å². The summed E-state index contributed by atoms with van der Waals surface area (Å²) in [4.78, 5) is 5.09. The Morgan fingerprint density at radius 2 is 2.03 bits per heavy atom. The Labute approximate surface area is 199 Å². The van der Waals surface area contributed by atoms with Crippen molar-refractivity contribution < 1.29 is 17.9 Å². The molecule has 0 spiro atoms. The lowest BCUT2D eigenvalue weighted by molar-refractivity contribution is 0.0730. The van der Waals surface area contributed by atoms with E-state index in [0.29, 0.717) is 44.5 Å². The molecule has 1 aromatic carbocycles. The SMILES string of the molecule is COc1cc(S(=O)(=O)N2CCOCC2)ccc1Cc1cc(NC2CCC2)c2c(n1)CC=C2Cl. The summed E-state index contributed by atoms with van der Waals surface area (Å²) >= 11 is 6.47. The molecule has 2 aromatic rings. The molecule has 5 rings (SSSR count). The van der Waals surface area contributed by atoms with Gasteiger partial charge < -0.3 is 14.8 Å². The first-order valence-electron chi connectivity index (χ1n) is 11.4. The van der Waals surface area contributed by atoms with Crippen LogP contribution in [-0.2, 0) is 27.6 Å². The summed E-state index contributed by atoms with van der Waals surface area (Å²) in [6.45, 7) is 1.54. The molecule has 1 saturated heterocycles. The average molecular weight is 490 g/mol. The van der Waals surface area contributed by atoms with Crippen molar-refractivity contribution in [1.29, 1.82) is 0 Å². The molecule has 2 aliphatic carbocycles. The fraction of sp³-hybridized carbons (Fsp3) is 0.458. The lowest BCUT2D eigenvalue weighted by Gasteiger charge is -2.29. The van der Waals surface area contributed by atoms with Gasteiger partial charge in [0.2, 0.25) is 10.0 Å². The van der Waals surface area contributed by atoms with Gasteiger partial charge in [-0.15, -0.1) is 0 Å². The van der Waals surface area contributed by atoms with Crippen molar-refractivity contribution in [3.05, 3.63) is 52.9 Å².